The van der Waals surface area contributed by atoms with Crippen LogP contribution in [0.3, 0.4) is 0 Å². The normalized spacial score (nSPS) is 22.4. The number of nitrogens with zero attached hydrogens (tertiary/aromatic N) is 1. The third-order valence-corrected chi connectivity index (χ3v) is 3.74. The van der Waals surface area contributed by atoms with Gasteiger partial charge in [-0.15, -0.1) is 0 Å². The minimum absolute atomic E-state index is 0.0144. The van der Waals surface area contributed by atoms with Crippen molar-refractivity contribution in [3.63, 3.8) is 0 Å². The zero-order valence-corrected chi connectivity index (χ0v) is 12.7. The molecule has 0 radical (unpaired) electrons. The summed E-state index contributed by atoms with van der Waals surface area (Å²) in [7, 11) is 0. The average molecular weight is 276 g/mol. The maximum Gasteiger partial charge on any atom is 0.258 e. The van der Waals surface area contributed by atoms with E-state index in [0.717, 1.165) is 5.69 Å². The number of nitrogens with two attached hydrogens (primary N) is 1. The molecule has 1 aliphatic heterocycles. The molecule has 2 N–H and O–H groups in total. The summed E-state index contributed by atoms with van der Waals surface area (Å²) in [6.07, 6.45) is -0.118. The minimum Gasteiger partial charge on any atom is -0.359 e. The van der Waals surface area contributed by atoms with Gasteiger partial charge in [0.05, 0.1) is 12.6 Å². The molecule has 0 saturated carbocycles. The van der Waals surface area contributed by atoms with Crippen molar-refractivity contribution in [3.8, 4) is 0 Å². The highest BCUT2D eigenvalue weighted by Gasteiger charge is 2.41. The fourth-order valence-corrected chi connectivity index (χ4v) is 2.50. The Bertz CT molecular complexity index is 480. The maximum atomic E-state index is 12.5. The largest absolute Gasteiger partial charge is 0.359 e. The van der Waals surface area contributed by atoms with E-state index in [1.165, 1.54) is 5.56 Å². The zero-order valence-electron chi connectivity index (χ0n) is 12.7. The van der Waals surface area contributed by atoms with Gasteiger partial charge >= 0.3 is 0 Å². The number of anilines is 1. The maximum absolute atomic E-state index is 12.5. The Kier molecular flexibility index (Phi) is 4.16. The van der Waals surface area contributed by atoms with Crippen molar-refractivity contribution in [3.05, 3.63) is 29.8 Å². The highest BCUT2D eigenvalue weighted by atomic mass is 16.5. The summed E-state index contributed by atoms with van der Waals surface area (Å²) in [4.78, 5) is 14.3. The topological polar surface area (TPSA) is 55.6 Å². The number of amides is 1. The van der Waals surface area contributed by atoms with Crippen LogP contribution in [0.15, 0.2) is 24.3 Å². The molecule has 1 amide bonds. The standard InChI is InChI=1S/C16H24N2O2/c1-11(2)12-5-7-13(8-6-12)18-10-14(9-17)20-16(3,4)15(18)19/h5-8,11,14H,9-10,17H2,1-4H3. The van der Waals surface area contributed by atoms with E-state index in [9.17, 15) is 4.79 Å². The Balaban J connectivity index is 2.27. The first-order valence-electron chi connectivity index (χ1n) is 7.15. The van der Waals surface area contributed by atoms with E-state index in [1.54, 1.807) is 18.7 Å². The highest BCUT2D eigenvalue weighted by molar-refractivity contribution is 5.99. The molecule has 1 aromatic carbocycles. The molecule has 1 saturated heterocycles. The molecule has 1 unspecified atom stereocenters. The van der Waals surface area contributed by atoms with Gasteiger partial charge < -0.3 is 15.4 Å². The SMILES string of the molecule is CC(C)c1ccc(N2CC(CN)OC(C)(C)C2=O)cc1. The molecule has 2 rings (SSSR count). The Labute approximate surface area is 120 Å². The minimum atomic E-state index is -0.820. The first kappa shape index (κ1) is 15.0. The van der Waals surface area contributed by atoms with Gasteiger partial charge in [0.25, 0.3) is 5.91 Å². The molecule has 0 aromatic heterocycles. The molecule has 1 fully saturated rings. The fraction of sp³-hybridized carbons (Fsp3) is 0.562. The molecule has 110 valence electrons. The second kappa shape index (κ2) is 5.54. The van der Waals surface area contributed by atoms with Crippen molar-refractivity contribution in [2.75, 3.05) is 18.0 Å². The third-order valence-electron chi connectivity index (χ3n) is 3.74. The van der Waals surface area contributed by atoms with Gasteiger partial charge in [-0.25, -0.2) is 0 Å². The van der Waals surface area contributed by atoms with Crippen LogP contribution < -0.4 is 10.6 Å². The summed E-state index contributed by atoms with van der Waals surface area (Å²) in [6, 6.07) is 8.16. The summed E-state index contributed by atoms with van der Waals surface area (Å²) >= 11 is 0. The number of carbonyl (C=O) groups is 1. The van der Waals surface area contributed by atoms with Crippen LogP contribution in [0.2, 0.25) is 0 Å². The van der Waals surface area contributed by atoms with Crippen molar-refractivity contribution in [1.29, 1.82) is 0 Å². The highest BCUT2D eigenvalue weighted by Crippen LogP contribution is 2.28. The lowest BCUT2D eigenvalue weighted by Gasteiger charge is -2.41. The first-order chi connectivity index (χ1) is 9.35. The van der Waals surface area contributed by atoms with Gasteiger partial charge in [0.15, 0.2) is 0 Å². The number of rotatable bonds is 3. The van der Waals surface area contributed by atoms with E-state index >= 15 is 0 Å². The molecule has 0 bridgehead atoms. The monoisotopic (exact) mass is 276 g/mol. The molecule has 1 aliphatic rings. The van der Waals surface area contributed by atoms with Gasteiger partial charge in [0, 0.05) is 12.2 Å². The van der Waals surface area contributed by atoms with Crippen LogP contribution in [-0.2, 0) is 9.53 Å². The van der Waals surface area contributed by atoms with Gasteiger partial charge in [-0.1, -0.05) is 26.0 Å². The number of ether oxygens (including phenoxy) is 1. The van der Waals surface area contributed by atoms with E-state index in [2.05, 4.69) is 26.0 Å². The van der Waals surface area contributed by atoms with E-state index in [0.29, 0.717) is 19.0 Å². The molecule has 0 aliphatic carbocycles. The van der Waals surface area contributed by atoms with E-state index in [1.807, 2.05) is 12.1 Å². The van der Waals surface area contributed by atoms with Crippen molar-refractivity contribution < 1.29 is 9.53 Å². The Morgan fingerprint density at radius 3 is 2.45 bits per heavy atom. The smallest absolute Gasteiger partial charge is 0.258 e. The molecule has 1 aromatic rings. The van der Waals surface area contributed by atoms with Crippen LogP contribution >= 0.6 is 0 Å². The van der Waals surface area contributed by atoms with Gasteiger partial charge in [-0.05, 0) is 37.5 Å². The quantitative estimate of drug-likeness (QED) is 0.921. The van der Waals surface area contributed by atoms with Gasteiger partial charge in [0.2, 0.25) is 0 Å². The molecule has 4 heteroatoms. The number of morpholine rings is 1. The Morgan fingerprint density at radius 2 is 1.95 bits per heavy atom. The predicted molar refractivity (Wildman–Crippen MR) is 80.9 cm³/mol. The van der Waals surface area contributed by atoms with Gasteiger partial charge in [-0.2, -0.15) is 0 Å². The molecule has 20 heavy (non-hydrogen) atoms. The molecule has 0 spiro atoms. The summed E-state index contributed by atoms with van der Waals surface area (Å²) in [5.41, 5.74) is 7.07. The lowest BCUT2D eigenvalue weighted by atomic mass is 10.0. The van der Waals surface area contributed by atoms with Crippen molar-refractivity contribution >= 4 is 11.6 Å². The predicted octanol–water partition coefficient (Wildman–Crippen LogP) is 2.28. The van der Waals surface area contributed by atoms with Crippen LogP contribution in [0.1, 0.15) is 39.2 Å². The fourth-order valence-electron chi connectivity index (χ4n) is 2.50. The van der Waals surface area contributed by atoms with E-state index in [-0.39, 0.29) is 12.0 Å². The summed E-state index contributed by atoms with van der Waals surface area (Å²) in [6.45, 7) is 8.83. The van der Waals surface area contributed by atoms with Crippen molar-refractivity contribution in [1.82, 2.24) is 0 Å². The third kappa shape index (κ3) is 2.86. The summed E-state index contributed by atoms with van der Waals surface area (Å²) in [5.74, 6) is 0.470. The van der Waals surface area contributed by atoms with Crippen LogP contribution in [0.4, 0.5) is 5.69 Å². The molecular weight excluding hydrogens is 252 g/mol. The van der Waals surface area contributed by atoms with E-state index < -0.39 is 5.60 Å². The molecule has 1 atom stereocenters. The second-order valence-corrected chi connectivity index (χ2v) is 6.15. The average Bonchev–Trinajstić information content (AvgIpc) is 2.41. The van der Waals surface area contributed by atoms with Crippen molar-refractivity contribution in [2.24, 2.45) is 5.73 Å². The van der Waals surface area contributed by atoms with E-state index in [4.69, 9.17) is 10.5 Å². The Hall–Kier alpha value is -1.39. The Morgan fingerprint density at radius 1 is 1.35 bits per heavy atom. The lowest BCUT2D eigenvalue weighted by molar-refractivity contribution is -0.153. The number of benzene rings is 1. The lowest BCUT2D eigenvalue weighted by Crippen LogP contribution is -2.59. The molecule has 1 heterocycles. The second-order valence-electron chi connectivity index (χ2n) is 6.15. The van der Waals surface area contributed by atoms with Crippen LogP contribution in [0, 0.1) is 0 Å². The molecule has 4 nitrogen and oxygen atoms in total. The van der Waals surface area contributed by atoms with Gasteiger partial charge in [-0.3, -0.25) is 4.79 Å². The van der Waals surface area contributed by atoms with Gasteiger partial charge in [0.1, 0.15) is 5.60 Å². The zero-order chi connectivity index (χ0) is 14.9. The summed E-state index contributed by atoms with van der Waals surface area (Å²) < 4.78 is 5.73. The van der Waals surface area contributed by atoms with Crippen LogP contribution in [0.5, 0.6) is 0 Å². The first-order valence-corrected chi connectivity index (χ1v) is 7.15. The number of hydrogen-bond donors (Lipinski definition) is 1. The number of carbonyl (C=O) groups excluding carboxylic acids is 1. The van der Waals surface area contributed by atoms with Crippen LogP contribution in [0.25, 0.3) is 0 Å². The van der Waals surface area contributed by atoms with Crippen LogP contribution in [-0.4, -0.2) is 30.7 Å². The summed E-state index contributed by atoms with van der Waals surface area (Å²) in [5, 5.41) is 0. The number of hydrogen-bond acceptors (Lipinski definition) is 3. The molecular formula is C16H24N2O2. The van der Waals surface area contributed by atoms with Crippen molar-refractivity contribution in [2.45, 2.75) is 45.3 Å².